The SMILES string of the molecule is Cn1ncc(Br)c1C(=O)Nc1nn(Cc2ccc(Cl)cc2Cl)cc1Cl. The number of amides is 1. The predicted octanol–water partition coefficient (Wildman–Crippen LogP) is 4.64. The summed E-state index contributed by atoms with van der Waals surface area (Å²) < 4.78 is 3.62. The van der Waals surface area contributed by atoms with Crippen LogP contribution >= 0.6 is 50.7 Å². The highest BCUT2D eigenvalue weighted by Crippen LogP contribution is 2.25. The van der Waals surface area contributed by atoms with Crippen molar-refractivity contribution in [2.75, 3.05) is 5.32 Å². The van der Waals surface area contributed by atoms with Crippen molar-refractivity contribution in [2.45, 2.75) is 6.54 Å². The maximum absolute atomic E-state index is 12.4. The zero-order chi connectivity index (χ0) is 18.1. The Kier molecular flexibility index (Phi) is 5.38. The van der Waals surface area contributed by atoms with Crippen LogP contribution in [0.2, 0.25) is 15.1 Å². The Morgan fingerprint density at radius 2 is 2.04 bits per heavy atom. The number of carbonyl (C=O) groups is 1. The minimum absolute atomic E-state index is 0.254. The maximum atomic E-state index is 12.4. The lowest BCUT2D eigenvalue weighted by Gasteiger charge is -2.05. The molecule has 0 saturated carbocycles. The average Bonchev–Trinajstić information content (AvgIpc) is 3.05. The molecule has 3 aromatic rings. The smallest absolute Gasteiger partial charge is 0.276 e. The molecule has 3 rings (SSSR count). The first-order valence-corrected chi connectivity index (χ1v) is 8.93. The van der Waals surface area contributed by atoms with Gasteiger partial charge in [-0.1, -0.05) is 40.9 Å². The fourth-order valence-electron chi connectivity index (χ4n) is 2.22. The summed E-state index contributed by atoms with van der Waals surface area (Å²) in [6.45, 7) is 0.390. The zero-order valence-corrected chi connectivity index (χ0v) is 16.7. The third kappa shape index (κ3) is 4.00. The van der Waals surface area contributed by atoms with Crippen molar-refractivity contribution < 1.29 is 4.79 Å². The topological polar surface area (TPSA) is 64.7 Å². The van der Waals surface area contributed by atoms with Crippen molar-refractivity contribution in [3.8, 4) is 0 Å². The van der Waals surface area contributed by atoms with Crippen LogP contribution in [0.4, 0.5) is 5.82 Å². The minimum atomic E-state index is -0.372. The molecule has 0 aliphatic carbocycles. The molecule has 0 atom stereocenters. The molecule has 0 saturated heterocycles. The van der Waals surface area contributed by atoms with E-state index in [4.69, 9.17) is 34.8 Å². The second-order valence-electron chi connectivity index (χ2n) is 5.18. The van der Waals surface area contributed by atoms with E-state index >= 15 is 0 Å². The summed E-state index contributed by atoms with van der Waals surface area (Å²) in [5.41, 5.74) is 1.20. The van der Waals surface area contributed by atoms with E-state index in [2.05, 4.69) is 31.4 Å². The molecule has 0 spiro atoms. The van der Waals surface area contributed by atoms with Crippen LogP contribution < -0.4 is 5.32 Å². The number of anilines is 1. The number of hydrogen-bond donors (Lipinski definition) is 1. The number of nitrogens with one attached hydrogen (secondary N) is 1. The van der Waals surface area contributed by atoms with Crippen LogP contribution in [0.3, 0.4) is 0 Å². The van der Waals surface area contributed by atoms with Crippen molar-refractivity contribution in [1.29, 1.82) is 0 Å². The minimum Gasteiger partial charge on any atom is -0.302 e. The van der Waals surface area contributed by atoms with Gasteiger partial charge in [-0.3, -0.25) is 14.2 Å². The molecule has 0 radical (unpaired) electrons. The molecule has 0 unspecified atom stereocenters. The quantitative estimate of drug-likeness (QED) is 0.613. The maximum Gasteiger partial charge on any atom is 0.276 e. The molecule has 6 nitrogen and oxygen atoms in total. The van der Waals surface area contributed by atoms with Crippen molar-refractivity contribution in [2.24, 2.45) is 7.05 Å². The summed E-state index contributed by atoms with van der Waals surface area (Å²) in [5, 5.41) is 12.4. The van der Waals surface area contributed by atoms with Gasteiger partial charge >= 0.3 is 0 Å². The van der Waals surface area contributed by atoms with Crippen molar-refractivity contribution in [3.05, 3.63) is 61.4 Å². The second-order valence-corrected chi connectivity index (χ2v) is 7.28. The number of rotatable bonds is 4. The number of hydrogen-bond acceptors (Lipinski definition) is 3. The number of halogens is 4. The van der Waals surface area contributed by atoms with Gasteiger partial charge in [0.15, 0.2) is 5.82 Å². The molecule has 0 aliphatic rings. The number of nitrogens with zero attached hydrogens (tertiary/aromatic N) is 4. The van der Waals surface area contributed by atoms with Crippen LogP contribution in [0.1, 0.15) is 16.1 Å². The normalized spacial score (nSPS) is 10.9. The van der Waals surface area contributed by atoms with E-state index in [1.54, 1.807) is 30.1 Å². The molecule has 1 aromatic carbocycles. The average molecular weight is 464 g/mol. The fourth-order valence-corrected chi connectivity index (χ4v) is 3.41. The Morgan fingerprint density at radius 3 is 2.68 bits per heavy atom. The van der Waals surface area contributed by atoms with Gasteiger partial charge in [0, 0.05) is 23.3 Å². The molecular weight excluding hydrogens is 452 g/mol. The molecule has 130 valence electrons. The summed E-state index contributed by atoms with van der Waals surface area (Å²) in [5.74, 6) is -0.117. The van der Waals surface area contributed by atoms with Gasteiger partial charge in [0.25, 0.3) is 5.91 Å². The van der Waals surface area contributed by atoms with E-state index in [1.165, 1.54) is 10.9 Å². The molecule has 10 heteroatoms. The monoisotopic (exact) mass is 461 g/mol. The second kappa shape index (κ2) is 7.37. The van der Waals surface area contributed by atoms with Gasteiger partial charge in [0.2, 0.25) is 0 Å². The Balaban J connectivity index is 1.79. The first kappa shape index (κ1) is 18.3. The van der Waals surface area contributed by atoms with Gasteiger partial charge in [-0.2, -0.15) is 10.2 Å². The van der Waals surface area contributed by atoms with Crippen molar-refractivity contribution in [3.63, 3.8) is 0 Å². The first-order valence-electron chi connectivity index (χ1n) is 7.01. The standard InChI is InChI=1S/C15H11BrCl3N5O/c1-23-13(10(16)5-20-23)15(25)21-14-12(19)7-24(22-14)6-8-2-3-9(17)4-11(8)18/h2-5,7H,6H2,1H3,(H,21,22,25). The van der Waals surface area contributed by atoms with E-state index in [-0.39, 0.29) is 11.7 Å². The summed E-state index contributed by atoms with van der Waals surface area (Å²) >= 11 is 21.5. The summed E-state index contributed by atoms with van der Waals surface area (Å²) in [4.78, 5) is 12.4. The summed E-state index contributed by atoms with van der Waals surface area (Å²) in [7, 11) is 1.67. The van der Waals surface area contributed by atoms with Gasteiger partial charge < -0.3 is 5.32 Å². The highest BCUT2D eigenvalue weighted by atomic mass is 79.9. The lowest BCUT2D eigenvalue weighted by molar-refractivity contribution is 0.101. The molecule has 1 N–H and O–H groups in total. The van der Waals surface area contributed by atoms with E-state index in [1.807, 2.05) is 6.07 Å². The molecule has 0 bridgehead atoms. The van der Waals surface area contributed by atoms with E-state index in [0.717, 1.165) is 5.56 Å². The highest BCUT2D eigenvalue weighted by molar-refractivity contribution is 9.10. The largest absolute Gasteiger partial charge is 0.302 e. The van der Waals surface area contributed by atoms with Crippen LogP contribution in [-0.4, -0.2) is 25.5 Å². The summed E-state index contributed by atoms with van der Waals surface area (Å²) in [6.07, 6.45) is 3.15. The van der Waals surface area contributed by atoms with Gasteiger partial charge in [0.05, 0.1) is 17.2 Å². The fraction of sp³-hybridized carbons (Fsp3) is 0.133. The van der Waals surface area contributed by atoms with Crippen LogP contribution in [-0.2, 0) is 13.6 Å². The van der Waals surface area contributed by atoms with E-state index in [0.29, 0.717) is 31.8 Å². The van der Waals surface area contributed by atoms with Crippen molar-refractivity contribution >= 4 is 62.5 Å². The lowest BCUT2D eigenvalue weighted by Crippen LogP contribution is -2.17. The molecule has 2 heterocycles. The Hall–Kier alpha value is -1.54. The Bertz CT molecular complexity index is 933. The molecule has 1 amide bonds. The zero-order valence-electron chi connectivity index (χ0n) is 12.8. The van der Waals surface area contributed by atoms with Crippen LogP contribution in [0.5, 0.6) is 0 Å². The van der Waals surface area contributed by atoms with E-state index in [9.17, 15) is 4.79 Å². The molecule has 25 heavy (non-hydrogen) atoms. The van der Waals surface area contributed by atoms with Gasteiger partial charge in [-0.05, 0) is 33.6 Å². The van der Waals surface area contributed by atoms with Crippen LogP contribution in [0, 0.1) is 0 Å². The number of carbonyl (C=O) groups excluding carboxylic acids is 1. The predicted molar refractivity (Wildman–Crippen MR) is 102 cm³/mol. The molecule has 0 fully saturated rings. The Labute approximate surface area is 166 Å². The molecular formula is C15H11BrCl3N5O. The first-order chi connectivity index (χ1) is 11.8. The molecule has 0 aliphatic heterocycles. The third-order valence-corrected chi connectivity index (χ3v) is 4.85. The summed E-state index contributed by atoms with van der Waals surface area (Å²) in [6, 6.07) is 5.22. The number of aryl methyl sites for hydroxylation is 1. The lowest BCUT2D eigenvalue weighted by atomic mass is 10.2. The highest BCUT2D eigenvalue weighted by Gasteiger charge is 2.18. The number of benzene rings is 1. The van der Waals surface area contributed by atoms with Crippen molar-refractivity contribution in [1.82, 2.24) is 19.6 Å². The molecule has 2 aromatic heterocycles. The third-order valence-electron chi connectivity index (χ3n) is 3.41. The van der Waals surface area contributed by atoms with Gasteiger partial charge in [-0.15, -0.1) is 0 Å². The van der Waals surface area contributed by atoms with E-state index < -0.39 is 0 Å². The van der Waals surface area contributed by atoms with Gasteiger partial charge in [0.1, 0.15) is 10.7 Å². The van der Waals surface area contributed by atoms with Crippen LogP contribution in [0.15, 0.2) is 35.1 Å². The van der Waals surface area contributed by atoms with Gasteiger partial charge in [-0.25, -0.2) is 0 Å². The Morgan fingerprint density at radius 1 is 1.28 bits per heavy atom. The number of aromatic nitrogens is 4. The van der Waals surface area contributed by atoms with Crippen LogP contribution in [0.25, 0.3) is 0 Å².